The molecule has 3 atom stereocenters. The number of amides is 1. The van der Waals surface area contributed by atoms with E-state index in [9.17, 15) is 18.7 Å². The lowest BCUT2D eigenvalue weighted by Crippen LogP contribution is -2.53. The molecule has 202 valence electrons. The first-order valence-electron chi connectivity index (χ1n) is 12.7. The number of carbonyl (C=O) groups excluding carboxylic acids is 1. The Morgan fingerprint density at radius 2 is 1.84 bits per heavy atom. The van der Waals surface area contributed by atoms with Gasteiger partial charge < -0.3 is 20.5 Å². The smallest absolute Gasteiger partial charge is 0.230 e. The van der Waals surface area contributed by atoms with Crippen LogP contribution in [0.1, 0.15) is 43.0 Å². The lowest BCUT2D eigenvalue weighted by Gasteiger charge is -2.31. The van der Waals surface area contributed by atoms with Gasteiger partial charge in [-0.05, 0) is 102 Å². The van der Waals surface area contributed by atoms with Gasteiger partial charge >= 0.3 is 0 Å². The van der Waals surface area contributed by atoms with Crippen LogP contribution in [0.15, 0.2) is 60.7 Å². The molecule has 0 radical (unpaired) electrons. The molecule has 3 N–H and O–H groups in total. The molecule has 1 amide bonds. The van der Waals surface area contributed by atoms with Gasteiger partial charge in [0.2, 0.25) is 5.91 Å². The van der Waals surface area contributed by atoms with Crippen molar-refractivity contribution in [3.05, 3.63) is 98.1 Å². The Balaban J connectivity index is 1.50. The number of carbonyl (C=O) groups is 1. The Kier molecular flexibility index (Phi) is 9.05. The van der Waals surface area contributed by atoms with E-state index in [0.717, 1.165) is 38.5 Å². The highest BCUT2D eigenvalue weighted by atomic mass is 127. The SMILES string of the molecule is CC1Cc2cc(C(C)(C)C(=O)N[C@@H](Cc3cc(F)cc(F)c3)[C@@H](O)CNCc3cccc(I)c3)ccc2O1. The molecule has 5 nitrogen and oxygen atoms in total. The summed E-state index contributed by atoms with van der Waals surface area (Å²) in [5, 5.41) is 17.3. The molecular formula is C30H33F2IN2O3. The molecular weight excluding hydrogens is 601 g/mol. The normalized spacial score (nSPS) is 16.4. The van der Waals surface area contributed by atoms with E-state index >= 15 is 0 Å². The van der Waals surface area contributed by atoms with Gasteiger partial charge in [0.15, 0.2) is 0 Å². The fourth-order valence-corrected chi connectivity index (χ4v) is 5.32. The number of halogens is 3. The van der Waals surface area contributed by atoms with Crippen molar-refractivity contribution in [1.82, 2.24) is 10.6 Å². The van der Waals surface area contributed by atoms with E-state index in [0.29, 0.717) is 12.1 Å². The van der Waals surface area contributed by atoms with E-state index in [1.54, 1.807) is 0 Å². The van der Waals surface area contributed by atoms with Crippen LogP contribution in [0.3, 0.4) is 0 Å². The number of nitrogens with one attached hydrogen (secondary N) is 2. The Hall–Kier alpha value is -2.56. The molecule has 8 heteroatoms. The van der Waals surface area contributed by atoms with Crippen molar-refractivity contribution in [3.8, 4) is 5.75 Å². The van der Waals surface area contributed by atoms with E-state index in [1.807, 2.05) is 63.2 Å². The van der Waals surface area contributed by atoms with Gasteiger partial charge in [0.25, 0.3) is 0 Å². The van der Waals surface area contributed by atoms with E-state index in [1.165, 1.54) is 12.1 Å². The van der Waals surface area contributed by atoms with Crippen molar-refractivity contribution in [1.29, 1.82) is 0 Å². The predicted octanol–water partition coefficient (Wildman–Crippen LogP) is 5.05. The molecule has 3 aromatic carbocycles. The van der Waals surface area contributed by atoms with Crippen molar-refractivity contribution < 1.29 is 23.4 Å². The Morgan fingerprint density at radius 3 is 2.55 bits per heavy atom. The Bertz CT molecular complexity index is 1280. The van der Waals surface area contributed by atoms with Gasteiger partial charge in [-0.2, -0.15) is 0 Å². The molecule has 1 unspecified atom stereocenters. The van der Waals surface area contributed by atoms with Crippen LogP contribution >= 0.6 is 22.6 Å². The summed E-state index contributed by atoms with van der Waals surface area (Å²) in [6.45, 7) is 6.37. The van der Waals surface area contributed by atoms with Gasteiger partial charge in [-0.1, -0.05) is 24.3 Å². The van der Waals surface area contributed by atoms with Crippen molar-refractivity contribution in [2.24, 2.45) is 0 Å². The highest BCUT2D eigenvalue weighted by Crippen LogP contribution is 2.34. The third kappa shape index (κ3) is 7.09. The highest BCUT2D eigenvalue weighted by molar-refractivity contribution is 14.1. The van der Waals surface area contributed by atoms with E-state index in [-0.39, 0.29) is 25.0 Å². The fourth-order valence-electron chi connectivity index (χ4n) is 4.71. The van der Waals surface area contributed by atoms with Crippen LogP contribution in [0, 0.1) is 15.2 Å². The van der Waals surface area contributed by atoms with Crippen LogP contribution < -0.4 is 15.4 Å². The second-order valence-corrected chi connectivity index (χ2v) is 11.7. The molecule has 1 aliphatic heterocycles. The minimum atomic E-state index is -1.00. The molecule has 0 saturated heterocycles. The van der Waals surface area contributed by atoms with Crippen LogP contribution in [-0.2, 0) is 29.6 Å². The first-order valence-corrected chi connectivity index (χ1v) is 13.8. The quantitative estimate of drug-likeness (QED) is 0.273. The first-order chi connectivity index (χ1) is 18.0. The first kappa shape index (κ1) is 28.4. The molecule has 1 heterocycles. The zero-order valence-electron chi connectivity index (χ0n) is 21.7. The second kappa shape index (κ2) is 12.1. The maximum absolute atomic E-state index is 13.9. The number of benzene rings is 3. The van der Waals surface area contributed by atoms with Gasteiger partial charge in [0.1, 0.15) is 23.5 Å². The average Bonchev–Trinajstić information content (AvgIpc) is 3.22. The third-order valence-corrected chi connectivity index (χ3v) is 7.59. The number of ether oxygens (including phenoxy) is 1. The minimum absolute atomic E-state index is 0.0676. The molecule has 0 fully saturated rings. The van der Waals surface area contributed by atoms with Crippen molar-refractivity contribution >= 4 is 28.5 Å². The predicted molar refractivity (Wildman–Crippen MR) is 152 cm³/mol. The van der Waals surface area contributed by atoms with Crippen LogP contribution in [0.5, 0.6) is 5.75 Å². The Labute approximate surface area is 236 Å². The summed E-state index contributed by atoms with van der Waals surface area (Å²) in [5.41, 5.74) is 2.38. The van der Waals surface area contributed by atoms with Gasteiger partial charge in [0, 0.05) is 29.1 Å². The number of hydrogen-bond donors (Lipinski definition) is 3. The van der Waals surface area contributed by atoms with Gasteiger partial charge in [-0.15, -0.1) is 0 Å². The summed E-state index contributed by atoms with van der Waals surface area (Å²) in [6, 6.07) is 16.2. The molecule has 38 heavy (non-hydrogen) atoms. The molecule has 0 aliphatic carbocycles. The number of aliphatic hydroxyl groups excluding tert-OH is 1. The standard InChI is InChI=1S/C30H33F2IN2O3/c1-18-9-21-14-22(7-8-28(21)38-18)30(2,3)29(37)35-26(13-20-10-23(31)15-24(32)11-20)27(36)17-34-16-19-5-4-6-25(33)12-19/h4-8,10-12,14-15,18,26-27,34,36H,9,13,16-17H2,1-3H3,(H,35,37)/t18?,26-,27-/m0/s1. The molecule has 4 rings (SSSR count). The summed E-state index contributed by atoms with van der Waals surface area (Å²) in [5.74, 6) is -0.862. The van der Waals surface area contributed by atoms with Crippen LogP contribution in [0.25, 0.3) is 0 Å². The van der Waals surface area contributed by atoms with Crippen LogP contribution in [0.4, 0.5) is 8.78 Å². The van der Waals surface area contributed by atoms with E-state index in [2.05, 4.69) is 33.2 Å². The maximum atomic E-state index is 13.9. The molecule has 0 bridgehead atoms. The molecule has 1 aliphatic rings. The topological polar surface area (TPSA) is 70.6 Å². The van der Waals surface area contributed by atoms with Gasteiger partial charge in [-0.25, -0.2) is 8.78 Å². The largest absolute Gasteiger partial charge is 0.490 e. The second-order valence-electron chi connectivity index (χ2n) is 10.5. The van der Waals surface area contributed by atoms with Gasteiger partial charge in [0.05, 0.1) is 17.6 Å². The molecule has 3 aromatic rings. The monoisotopic (exact) mass is 634 g/mol. The minimum Gasteiger partial charge on any atom is -0.490 e. The number of hydrogen-bond acceptors (Lipinski definition) is 4. The highest BCUT2D eigenvalue weighted by Gasteiger charge is 2.34. The van der Waals surface area contributed by atoms with Crippen molar-refractivity contribution in [2.75, 3.05) is 6.54 Å². The fraction of sp³-hybridized carbons (Fsp3) is 0.367. The summed E-state index contributed by atoms with van der Waals surface area (Å²) in [6.07, 6.45) is -0.0641. The van der Waals surface area contributed by atoms with Crippen LogP contribution in [-0.4, -0.2) is 35.8 Å². The zero-order chi connectivity index (χ0) is 27.4. The lowest BCUT2D eigenvalue weighted by molar-refractivity contribution is -0.127. The Morgan fingerprint density at radius 1 is 1.11 bits per heavy atom. The molecule has 0 spiro atoms. The van der Waals surface area contributed by atoms with E-state index < -0.39 is 29.2 Å². The summed E-state index contributed by atoms with van der Waals surface area (Å²) in [7, 11) is 0. The molecule has 0 saturated carbocycles. The number of rotatable bonds is 10. The average molecular weight is 635 g/mol. The third-order valence-electron chi connectivity index (χ3n) is 6.92. The van der Waals surface area contributed by atoms with Crippen molar-refractivity contribution in [2.45, 2.75) is 63.8 Å². The van der Waals surface area contributed by atoms with Crippen LogP contribution in [0.2, 0.25) is 0 Å². The van der Waals surface area contributed by atoms with Gasteiger partial charge in [-0.3, -0.25) is 4.79 Å². The van der Waals surface area contributed by atoms with E-state index in [4.69, 9.17) is 4.74 Å². The summed E-state index contributed by atoms with van der Waals surface area (Å²) < 4.78 is 34.7. The zero-order valence-corrected chi connectivity index (χ0v) is 23.9. The maximum Gasteiger partial charge on any atom is 0.230 e. The number of fused-ring (bicyclic) bond motifs is 1. The molecule has 0 aromatic heterocycles. The summed E-state index contributed by atoms with van der Waals surface area (Å²) >= 11 is 2.24. The number of aliphatic hydroxyl groups is 1. The van der Waals surface area contributed by atoms with Crippen molar-refractivity contribution in [3.63, 3.8) is 0 Å². The summed E-state index contributed by atoms with van der Waals surface area (Å²) in [4.78, 5) is 13.6. The lowest BCUT2D eigenvalue weighted by atomic mass is 9.82.